The Kier molecular flexibility index (Phi) is 15.0. The van der Waals surface area contributed by atoms with Gasteiger partial charge in [-0.25, -0.2) is 0 Å². The molecule has 8 heavy (non-hydrogen) atoms. The van der Waals surface area contributed by atoms with Crippen LogP contribution in [0, 0.1) is 0 Å². The predicted molar refractivity (Wildman–Crippen MR) is 33.7 cm³/mol. The van der Waals surface area contributed by atoms with Crippen LogP contribution in [0.4, 0.5) is 0 Å². The first-order chi connectivity index (χ1) is 3.41. The molecule has 0 amide bonds. The third-order valence-corrected chi connectivity index (χ3v) is 0.763. The van der Waals surface area contributed by atoms with E-state index in [-0.39, 0.29) is 19.5 Å². The van der Waals surface area contributed by atoms with Gasteiger partial charge in [0.1, 0.15) is 0 Å². The maximum Gasteiger partial charge on any atom is 0 e. The molecule has 0 atom stereocenters. The van der Waals surface area contributed by atoms with Gasteiger partial charge in [0, 0.05) is 19.5 Å². The second-order valence-electron chi connectivity index (χ2n) is 1.67. The van der Waals surface area contributed by atoms with E-state index in [4.69, 9.17) is 0 Å². The van der Waals surface area contributed by atoms with E-state index in [2.05, 4.69) is 19.2 Å². The molecule has 0 aliphatic heterocycles. The zero-order chi connectivity index (χ0) is 5.54. The van der Waals surface area contributed by atoms with Gasteiger partial charge >= 0.3 is 0 Å². The van der Waals surface area contributed by atoms with E-state index in [1.165, 1.54) is 12.8 Å². The molecule has 0 aliphatic rings. The van der Waals surface area contributed by atoms with Gasteiger partial charge in [-0.15, -0.1) is 13.1 Å². The molecule has 0 saturated heterocycles. The normalized spacial score (nSPS) is 8.25. The molecule has 0 rings (SSSR count). The first kappa shape index (κ1) is 11.4. The smallest absolute Gasteiger partial charge is 0 e. The molecule has 53 valence electrons. The molecule has 0 unspecified atom stereocenters. The second-order valence-corrected chi connectivity index (χ2v) is 1.67. The molecule has 1 nitrogen and oxygen atoms in total. The van der Waals surface area contributed by atoms with E-state index in [1.807, 2.05) is 0 Å². The van der Waals surface area contributed by atoms with E-state index < -0.39 is 0 Å². The minimum absolute atomic E-state index is 0. The minimum atomic E-state index is 0. The van der Waals surface area contributed by atoms with Gasteiger partial charge in [0.15, 0.2) is 0 Å². The fourth-order valence-electron chi connectivity index (χ4n) is 0.428. The van der Waals surface area contributed by atoms with Crippen molar-refractivity contribution in [3.63, 3.8) is 0 Å². The summed E-state index contributed by atoms with van der Waals surface area (Å²) in [5, 5.41) is 4.21. The Hall–Kier alpha value is 0.583. The Morgan fingerprint density at radius 2 is 1.38 bits per heavy atom. The van der Waals surface area contributed by atoms with Gasteiger partial charge in [-0.1, -0.05) is 26.7 Å². The third kappa shape index (κ3) is 9.77. The number of hydrogen-bond donors (Lipinski definition) is 0. The summed E-state index contributed by atoms with van der Waals surface area (Å²) in [5.41, 5.74) is 0. The van der Waals surface area contributed by atoms with Crippen molar-refractivity contribution in [2.24, 2.45) is 0 Å². The van der Waals surface area contributed by atoms with Crippen LogP contribution >= 0.6 is 0 Å². The van der Waals surface area contributed by atoms with E-state index in [0.29, 0.717) is 0 Å². The van der Waals surface area contributed by atoms with Crippen molar-refractivity contribution in [3.05, 3.63) is 5.32 Å². The van der Waals surface area contributed by atoms with Crippen LogP contribution in [-0.2, 0) is 19.5 Å². The SMILES string of the molecule is CCC[N-]CCC.[Rh]. The molecule has 0 aliphatic carbocycles. The van der Waals surface area contributed by atoms with Gasteiger partial charge < -0.3 is 5.32 Å². The molecule has 0 aromatic heterocycles. The fourth-order valence-corrected chi connectivity index (χ4v) is 0.428. The summed E-state index contributed by atoms with van der Waals surface area (Å²) in [6.07, 6.45) is 2.39. The van der Waals surface area contributed by atoms with Crippen molar-refractivity contribution in [2.45, 2.75) is 26.7 Å². The Balaban J connectivity index is 0. The van der Waals surface area contributed by atoms with Gasteiger partial charge in [-0.05, 0) is 0 Å². The third-order valence-electron chi connectivity index (χ3n) is 0.763. The molecule has 0 heterocycles. The average Bonchev–Trinajstić information content (AvgIpc) is 1.69. The average molecular weight is 203 g/mol. The van der Waals surface area contributed by atoms with Crippen LogP contribution in [0.25, 0.3) is 5.32 Å². The van der Waals surface area contributed by atoms with Gasteiger partial charge in [-0.3, -0.25) is 0 Å². The van der Waals surface area contributed by atoms with Crippen molar-refractivity contribution in [2.75, 3.05) is 13.1 Å². The minimum Gasteiger partial charge on any atom is -0.662 e. The van der Waals surface area contributed by atoms with Crippen LogP contribution in [-0.4, -0.2) is 13.1 Å². The summed E-state index contributed by atoms with van der Waals surface area (Å²) in [6.45, 7) is 6.40. The zero-order valence-corrected chi connectivity index (χ0v) is 7.25. The van der Waals surface area contributed by atoms with Crippen molar-refractivity contribution in [1.29, 1.82) is 0 Å². The quantitative estimate of drug-likeness (QED) is 0.491. The number of rotatable bonds is 4. The predicted octanol–water partition coefficient (Wildman–Crippen LogP) is 2.18. The van der Waals surface area contributed by atoms with Crippen LogP contribution in [0.3, 0.4) is 0 Å². The Morgan fingerprint density at radius 1 is 1.00 bits per heavy atom. The molecule has 0 N–H and O–H groups in total. The molecule has 0 aromatic carbocycles. The maximum absolute atomic E-state index is 4.21. The molecule has 0 aromatic rings. The van der Waals surface area contributed by atoms with Crippen molar-refractivity contribution >= 4 is 0 Å². The summed E-state index contributed by atoms with van der Waals surface area (Å²) < 4.78 is 0. The molecule has 0 saturated carbocycles. The van der Waals surface area contributed by atoms with Crippen molar-refractivity contribution in [1.82, 2.24) is 0 Å². The molecule has 0 fully saturated rings. The van der Waals surface area contributed by atoms with Crippen LogP contribution in [0.5, 0.6) is 0 Å². The first-order valence-corrected chi connectivity index (χ1v) is 3.05. The van der Waals surface area contributed by atoms with Crippen LogP contribution in [0.1, 0.15) is 26.7 Å². The van der Waals surface area contributed by atoms with E-state index in [9.17, 15) is 0 Å². The van der Waals surface area contributed by atoms with Crippen molar-refractivity contribution in [3.8, 4) is 0 Å². The van der Waals surface area contributed by atoms with E-state index in [0.717, 1.165) is 13.1 Å². The summed E-state index contributed by atoms with van der Waals surface area (Å²) in [7, 11) is 0. The standard InChI is InChI=1S/C6H14N.Rh/c1-3-5-7-6-4-2;/h3-6H2,1-2H3;/q-1;. The van der Waals surface area contributed by atoms with Gasteiger partial charge in [0.2, 0.25) is 0 Å². The molecule has 0 bridgehead atoms. The monoisotopic (exact) mass is 203 g/mol. The van der Waals surface area contributed by atoms with Crippen LogP contribution < -0.4 is 0 Å². The van der Waals surface area contributed by atoms with E-state index in [1.54, 1.807) is 0 Å². The molecular weight excluding hydrogens is 189 g/mol. The fraction of sp³-hybridized carbons (Fsp3) is 1.00. The molecular formula is C6H14NRh-. The Bertz CT molecular complexity index is 27.7. The summed E-state index contributed by atoms with van der Waals surface area (Å²) >= 11 is 0. The number of hydrogen-bond acceptors (Lipinski definition) is 0. The first-order valence-electron chi connectivity index (χ1n) is 3.05. The van der Waals surface area contributed by atoms with Gasteiger partial charge in [-0.2, -0.15) is 0 Å². The van der Waals surface area contributed by atoms with Gasteiger partial charge in [0.25, 0.3) is 0 Å². The maximum atomic E-state index is 4.21. The Morgan fingerprint density at radius 3 is 1.62 bits per heavy atom. The van der Waals surface area contributed by atoms with Crippen molar-refractivity contribution < 1.29 is 19.5 Å². The molecule has 1 radical (unpaired) electrons. The van der Waals surface area contributed by atoms with E-state index >= 15 is 0 Å². The van der Waals surface area contributed by atoms with Gasteiger partial charge in [0.05, 0.1) is 0 Å². The largest absolute Gasteiger partial charge is 0.662 e. The summed E-state index contributed by atoms with van der Waals surface area (Å²) in [5.74, 6) is 0. The topological polar surface area (TPSA) is 14.1 Å². The molecule has 0 spiro atoms. The number of nitrogens with zero attached hydrogens (tertiary/aromatic N) is 1. The summed E-state index contributed by atoms with van der Waals surface area (Å²) in [4.78, 5) is 0. The second kappa shape index (κ2) is 10.5. The van der Waals surface area contributed by atoms with Crippen LogP contribution in [0.2, 0.25) is 0 Å². The zero-order valence-electron chi connectivity index (χ0n) is 5.61. The summed E-state index contributed by atoms with van der Waals surface area (Å²) in [6, 6.07) is 0. The van der Waals surface area contributed by atoms with Crippen LogP contribution in [0.15, 0.2) is 0 Å². The Labute approximate surface area is 65.0 Å². The molecule has 2 heteroatoms.